The van der Waals surface area contributed by atoms with Gasteiger partial charge in [0.25, 0.3) is 0 Å². The Morgan fingerprint density at radius 2 is 1.34 bits per heavy atom. The number of benzene rings is 2. The molecule has 2 aromatic rings. The number of carbonyl (C=O) groups excluding carboxylic acids is 2. The Balaban J connectivity index is 0.00000465. The van der Waals surface area contributed by atoms with E-state index in [1.807, 2.05) is 24.3 Å². The molecule has 0 fully saturated rings. The predicted octanol–water partition coefficient (Wildman–Crippen LogP) is 1.87. The molecule has 3 aliphatic rings. The maximum absolute atomic E-state index is 11.8. The number of nitrogens with zero attached hydrogens (tertiary/aromatic N) is 2. The van der Waals surface area contributed by atoms with E-state index in [1.165, 1.54) is 11.1 Å². The molecule has 2 amide bonds. The number of halogens is 1. The summed E-state index contributed by atoms with van der Waals surface area (Å²) in [6.45, 7) is 10.3. The Labute approximate surface area is 399 Å². The van der Waals surface area contributed by atoms with Crippen LogP contribution in [-0.2, 0) is 41.0 Å². The molecule has 2 heterocycles. The Hall–Kier alpha value is -2.08. The van der Waals surface area contributed by atoms with Gasteiger partial charge in [0.05, 0.1) is 5.41 Å². The minimum absolute atomic E-state index is 0. The number of allylic oxidation sites excluding steroid dienone is 8. The standard InChI is InChI=1S/C42H53ClN4O8S2.2Na/c1-41(2)32-18-9-11-20-34(32)46(28-13-5-7-22-38(48)44-56(50,51)52)36(41)26-24-30-16-15-17-31(40(30)43)25-27-37-42(3,4)33-19-10-12-21-35(33)47(37)29-14-6-8-23-39(49)45-57(53,54)55;;/h9-12,18-21,24-27H,5-8,13-17,22-23,28-29H2,1-4H3,(H3-,44,45,48,49,50,51,52,53,54,55);;/q;2*+1/p+1. The van der Waals surface area contributed by atoms with Crippen LogP contribution in [-0.4, -0.2) is 61.1 Å². The molecular formula is C42H54ClN4Na2O8S2+3. The van der Waals surface area contributed by atoms with E-state index in [2.05, 4.69) is 85.7 Å². The Bertz CT molecular complexity index is 2270. The van der Waals surface area contributed by atoms with Crippen molar-refractivity contribution < 1.29 is 99.2 Å². The van der Waals surface area contributed by atoms with Crippen LogP contribution in [0.4, 0.5) is 11.4 Å². The van der Waals surface area contributed by atoms with Gasteiger partial charge in [-0.3, -0.25) is 18.7 Å². The van der Waals surface area contributed by atoms with Crippen LogP contribution in [0.15, 0.2) is 94.7 Å². The second-order valence-corrected chi connectivity index (χ2v) is 18.6. The molecule has 4 N–H and O–H groups in total. The number of carbonyl (C=O) groups is 2. The molecule has 0 saturated heterocycles. The molecule has 308 valence electrons. The molecule has 0 radical (unpaired) electrons. The predicted molar refractivity (Wildman–Crippen MR) is 224 cm³/mol. The third-order valence-corrected chi connectivity index (χ3v) is 12.5. The van der Waals surface area contributed by atoms with Crippen molar-refractivity contribution in [1.29, 1.82) is 0 Å². The van der Waals surface area contributed by atoms with Gasteiger partial charge < -0.3 is 4.90 Å². The second-order valence-electron chi connectivity index (χ2n) is 15.9. The summed E-state index contributed by atoms with van der Waals surface area (Å²) in [7, 11) is -9.12. The van der Waals surface area contributed by atoms with Gasteiger partial charge in [0.2, 0.25) is 17.5 Å². The summed E-state index contributed by atoms with van der Waals surface area (Å²) in [5, 5.41) is 0.751. The van der Waals surface area contributed by atoms with Crippen LogP contribution in [0, 0.1) is 0 Å². The summed E-state index contributed by atoms with van der Waals surface area (Å²) in [6, 6.07) is 16.7. The summed E-state index contributed by atoms with van der Waals surface area (Å²) < 4.78 is 67.0. The zero-order chi connectivity index (χ0) is 41.6. The smallest absolute Gasteiger partial charge is 0.344 e. The van der Waals surface area contributed by atoms with Crippen LogP contribution >= 0.6 is 11.6 Å². The van der Waals surface area contributed by atoms with Crippen LogP contribution in [0.5, 0.6) is 0 Å². The zero-order valence-electron chi connectivity index (χ0n) is 35.1. The van der Waals surface area contributed by atoms with Crippen LogP contribution < -0.4 is 73.5 Å². The van der Waals surface area contributed by atoms with Gasteiger partial charge in [0, 0.05) is 65.3 Å². The SMILES string of the molecule is CC1(C)C(/C=C/C2=C(Cl)C(=C/C=C3/N(CCCCCC(=O)NS(=O)(=O)O)c4ccccc4C3(C)C)/CCC2)=[N+](CCCCCC(=O)NS(=O)(=O)O)c2ccccc21.[Na+].[Na+]. The van der Waals surface area contributed by atoms with Gasteiger partial charge in [0.1, 0.15) is 6.54 Å². The topological polar surface area (TPSA) is 173 Å². The summed E-state index contributed by atoms with van der Waals surface area (Å²) in [6.07, 6.45) is 15.3. The molecule has 2 aliphatic heterocycles. The van der Waals surface area contributed by atoms with E-state index >= 15 is 0 Å². The van der Waals surface area contributed by atoms with Crippen LogP contribution in [0.25, 0.3) is 0 Å². The third kappa shape index (κ3) is 13.5. The van der Waals surface area contributed by atoms with E-state index in [9.17, 15) is 26.4 Å². The number of fused-ring (bicyclic) bond motifs is 2. The van der Waals surface area contributed by atoms with Crippen molar-refractivity contribution in [2.75, 3.05) is 18.0 Å². The van der Waals surface area contributed by atoms with Crippen LogP contribution in [0.3, 0.4) is 0 Å². The molecule has 5 rings (SSSR count). The number of unbranched alkanes of at least 4 members (excludes halogenated alkanes) is 4. The van der Waals surface area contributed by atoms with E-state index in [-0.39, 0.29) is 82.8 Å². The van der Waals surface area contributed by atoms with E-state index in [1.54, 1.807) is 9.44 Å². The summed E-state index contributed by atoms with van der Waals surface area (Å²) >= 11 is 7.20. The number of para-hydroxylation sites is 2. The molecule has 59 heavy (non-hydrogen) atoms. The van der Waals surface area contributed by atoms with E-state index in [0.717, 1.165) is 71.1 Å². The minimum Gasteiger partial charge on any atom is -0.344 e. The zero-order valence-corrected chi connectivity index (χ0v) is 41.4. The first kappa shape index (κ1) is 51.3. The third-order valence-electron chi connectivity index (χ3n) is 11.0. The molecule has 0 aromatic heterocycles. The fraction of sp³-hybridized carbons (Fsp3) is 0.452. The molecule has 0 atom stereocenters. The maximum atomic E-state index is 11.8. The number of nitrogens with one attached hydrogen (secondary N) is 2. The van der Waals surface area contributed by atoms with Crippen molar-refractivity contribution >= 4 is 61.1 Å². The number of anilines is 1. The molecule has 17 heteroatoms. The van der Waals surface area contributed by atoms with Crippen molar-refractivity contribution in [3.63, 3.8) is 0 Å². The van der Waals surface area contributed by atoms with Gasteiger partial charge in [-0.25, -0.2) is 9.44 Å². The van der Waals surface area contributed by atoms with Crippen molar-refractivity contribution in [3.8, 4) is 0 Å². The average Bonchev–Trinajstić information content (AvgIpc) is 3.47. The average molecular weight is 888 g/mol. The van der Waals surface area contributed by atoms with Gasteiger partial charge in [-0.2, -0.15) is 21.4 Å². The number of rotatable bonds is 17. The quantitative estimate of drug-likeness (QED) is 0.0802. The summed E-state index contributed by atoms with van der Waals surface area (Å²) in [5.41, 5.74) is 8.59. The van der Waals surface area contributed by atoms with Gasteiger partial charge in [0.15, 0.2) is 5.71 Å². The van der Waals surface area contributed by atoms with E-state index in [0.29, 0.717) is 38.8 Å². The summed E-state index contributed by atoms with van der Waals surface area (Å²) in [5.74, 6) is -1.45. The van der Waals surface area contributed by atoms with Crippen molar-refractivity contribution in [3.05, 3.63) is 106 Å². The maximum Gasteiger partial charge on any atom is 1.00 e. The Kier molecular flexibility index (Phi) is 19.0. The monoisotopic (exact) mass is 887 g/mol. The van der Waals surface area contributed by atoms with Crippen molar-refractivity contribution in [1.82, 2.24) is 9.44 Å². The normalized spacial score (nSPS) is 18.5. The van der Waals surface area contributed by atoms with Gasteiger partial charge in [-0.05, 0) is 87.6 Å². The van der Waals surface area contributed by atoms with Crippen molar-refractivity contribution in [2.45, 2.75) is 109 Å². The molecule has 0 spiro atoms. The Morgan fingerprint density at radius 1 is 0.763 bits per heavy atom. The first-order chi connectivity index (χ1) is 26.8. The van der Waals surface area contributed by atoms with E-state index in [4.69, 9.17) is 20.7 Å². The minimum atomic E-state index is -4.56. The molecule has 12 nitrogen and oxygen atoms in total. The molecule has 2 aromatic carbocycles. The molecule has 0 unspecified atom stereocenters. The fourth-order valence-corrected chi connectivity index (χ4v) is 9.28. The van der Waals surface area contributed by atoms with Crippen molar-refractivity contribution in [2.24, 2.45) is 0 Å². The number of amides is 2. The van der Waals surface area contributed by atoms with Gasteiger partial charge >= 0.3 is 79.7 Å². The van der Waals surface area contributed by atoms with E-state index < -0.39 is 32.4 Å². The largest absolute Gasteiger partial charge is 1.00 e. The summed E-state index contributed by atoms with van der Waals surface area (Å²) in [4.78, 5) is 26.0. The first-order valence-electron chi connectivity index (χ1n) is 19.5. The molecular weight excluding hydrogens is 834 g/mol. The second kappa shape index (κ2) is 21.8. The van der Waals surface area contributed by atoms with Crippen LogP contribution in [0.1, 0.15) is 109 Å². The van der Waals surface area contributed by atoms with Gasteiger partial charge in [-0.15, -0.1) is 0 Å². The van der Waals surface area contributed by atoms with Crippen LogP contribution in [0.2, 0.25) is 0 Å². The van der Waals surface area contributed by atoms with Gasteiger partial charge in [-0.1, -0.05) is 80.4 Å². The molecule has 1 aliphatic carbocycles. The molecule has 0 bridgehead atoms. The number of hydrogen-bond donors (Lipinski definition) is 4. The Morgan fingerprint density at radius 3 is 1.97 bits per heavy atom. The number of hydrogen-bond acceptors (Lipinski definition) is 7. The fourth-order valence-electron chi connectivity index (χ4n) is 8.19. The first-order valence-corrected chi connectivity index (χ1v) is 22.7. The molecule has 0 saturated carbocycles.